The molecule has 0 saturated heterocycles. The highest BCUT2D eigenvalue weighted by Gasteiger charge is 2.31. The molecular weight excluding hydrogens is 456 g/mol. The number of aliphatic hydroxyl groups is 2. The zero-order valence-corrected chi connectivity index (χ0v) is 22.3. The predicted octanol–water partition coefficient (Wildman–Crippen LogP) is 6.69. The Labute approximate surface area is 215 Å². The number of fused-ring (bicyclic) bond motifs is 1. The van der Waals surface area contributed by atoms with E-state index in [1.54, 1.807) is 0 Å². The fourth-order valence-corrected chi connectivity index (χ4v) is 5.74. The Hall–Kier alpha value is -1.82. The molecule has 1 heterocycles. The predicted molar refractivity (Wildman–Crippen MR) is 146 cm³/mol. The second-order valence-corrected chi connectivity index (χ2v) is 11.4. The Bertz CT molecular complexity index is 900. The first kappa shape index (κ1) is 27.8. The molecule has 35 heavy (non-hydrogen) atoms. The molecule has 192 valence electrons. The fraction of sp³-hybridized carbons (Fsp3) is 0.567. The lowest BCUT2D eigenvalue weighted by Gasteiger charge is -2.28. The maximum Gasteiger partial charge on any atom is 0.220 e. The Morgan fingerprint density at radius 3 is 2.37 bits per heavy atom. The van der Waals surface area contributed by atoms with E-state index in [-0.39, 0.29) is 16.3 Å². The van der Waals surface area contributed by atoms with Crippen LogP contribution >= 0.6 is 11.8 Å². The van der Waals surface area contributed by atoms with Crippen molar-refractivity contribution in [1.29, 1.82) is 0 Å². The monoisotopic (exact) mass is 498 g/mol. The van der Waals surface area contributed by atoms with E-state index in [0.717, 1.165) is 55.4 Å². The Balaban J connectivity index is 1.36. The van der Waals surface area contributed by atoms with Crippen LogP contribution in [0, 0.1) is 11.3 Å². The summed E-state index contributed by atoms with van der Waals surface area (Å²) in [6.45, 7) is 7.31. The van der Waals surface area contributed by atoms with Crippen LogP contribution in [0.25, 0.3) is 5.57 Å². The Morgan fingerprint density at radius 2 is 1.69 bits per heavy atom. The largest absolute Gasteiger partial charge is 0.494 e. The van der Waals surface area contributed by atoms with E-state index in [0.29, 0.717) is 24.9 Å². The molecule has 1 aromatic rings. The van der Waals surface area contributed by atoms with Crippen LogP contribution in [0.3, 0.4) is 0 Å². The third-order valence-electron chi connectivity index (χ3n) is 7.69. The van der Waals surface area contributed by atoms with E-state index in [1.807, 2.05) is 42.5 Å². The lowest BCUT2D eigenvalue weighted by Crippen LogP contribution is -2.26. The second kappa shape index (κ2) is 13.5. The van der Waals surface area contributed by atoms with Crippen molar-refractivity contribution >= 4 is 22.5 Å². The molecule has 2 aliphatic rings. The maximum atomic E-state index is 12.7. The molecule has 0 spiro atoms. The van der Waals surface area contributed by atoms with Crippen LogP contribution in [0.5, 0.6) is 0 Å². The first-order chi connectivity index (χ1) is 16.8. The van der Waals surface area contributed by atoms with Crippen LogP contribution in [-0.2, 0) is 9.53 Å². The minimum absolute atomic E-state index is 0.0641. The summed E-state index contributed by atoms with van der Waals surface area (Å²) in [6, 6.07) is 9.83. The first-order valence-corrected chi connectivity index (χ1v) is 14.1. The fourth-order valence-electron chi connectivity index (χ4n) is 4.65. The van der Waals surface area contributed by atoms with Gasteiger partial charge in [-0.25, -0.2) is 0 Å². The molecular formula is C30H42O4S. The van der Waals surface area contributed by atoms with Gasteiger partial charge >= 0.3 is 0 Å². The van der Waals surface area contributed by atoms with Gasteiger partial charge in [-0.1, -0.05) is 94.3 Å². The van der Waals surface area contributed by atoms with Gasteiger partial charge in [0.15, 0.2) is 0 Å². The molecule has 4 unspecified atom stereocenters. The summed E-state index contributed by atoms with van der Waals surface area (Å²) in [6.07, 6.45) is 14.1. The number of aliphatic hydroxyl groups excluding tert-OH is 2. The summed E-state index contributed by atoms with van der Waals surface area (Å²) in [5, 5.41) is 20.8. The standard InChI is InChI=1S/C30H42O4S/c1-4-30(3,5-2)18-11-15-27(32)26(31)14-9-10-19-34-24-17-16-23-20-25(22-12-7-6-8-13-22)29(33)35-28(23)21-24/h6-8,12-13,16-17,20-21,23,26-28,31-32H,4-5,9-11,14-15,18-19H2,1-3H3. The molecule has 5 heteroatoms. The summed E-state index contributed by atoms with van der Waals surface area (Å²) in [4.78, 5) is 12.7. The van der Waals surface area contributed by atoms with E-state index < -0.39 is 12.2 Å². The molecule has 4 nitrogen and oxygen atoms in total. The minimum atomic E-state index is -0.672. The van der Waals surface area contributed by atoms with Crippen LogP contribution in [0.15, 0.2) is 60.4 Å². The van der Waals surface area contributed by atoms with E-state index in [2.05, 4.69) is 32.9 Å². The molecule has 1 aliphatic heterocycles. The first-order valence-electron chi connectivity index (χ1n) is 13.2. The molecule has 0 radical (unpaired) electrons. The number of hydrogen-bond acceptors (Lipinski definition) is 5. The van der Waals surface area contributed by atoms with Gasteiger partial charge in [-0.05, 0) is 55.2 Å². The van der Waals surface area contributed by atoms with E-state index in [9.17, 15) is 15.0 Å². The topological polar surface area (TPSA) is 66.8 Å². The summed E-state index contributed by atoms with van der Waals surface area (Å²) in [5.41, 5.74) is 2.09. The van der Waals surface area contributed by atoms with Crippen LogP contribution in [-0.4, -0.2) is 39.4 Å². The Morgan fingerprint density at radius 1 is 1.00 bits per heavy atom. The Kier molecular flexibility index (Phi) is 10.7. The van der Waals surface area contributed by atoms with Gasteiger partial charge < -0.3 is 14.9 Å². The summed E-state index contributed by atoms with van der Waals surface area (Å²) in [7, 11) is 0. The molecule has 3 rings (SSSR count). The van der Waals surface area contributed by atoms with Gasteiger partial charge in [0.2, 0.25) is 5.12 Å². The zero-order chi connectivity index (χ0) is 25.3. The van der Waals surface area contributed by atoms with Crippen LogP contribution < -0.4 is 0 Å². The summed E-state index contributed by atoms with van der Waals surface area (Å²) in [5.74, 6) is 0.989. The number of carbonyl (C=O) groups excluding carboxylic acids is 1. The van der Waals surface area contributed by atoms with Gasteiger partial charge in [-0.15, -0.1) is 0 Å². The van der Waals surface area contributed by atoms with Crippen LogP contribution in [0.1, 0.15) is 77.7 Å². The molecule has 4 atom stereocenters. The highest BCUT2D eigenvalue weighted by atomic mass is 32.2. The maximum absolute atomic E-state index is 12.7. The molecule has 1 aromatic carbocycles. The molecule has 0 amide bonds. The molecule has 0 fully saturated rings. The summed E-state index contributed by atoms with van der Waals surface area (Å²) < 4.78 is 5.93. The summed E-state index contributed by atoms with van der Waals surface area (Å²) >= 11 is 1.36. The second-order valence-electron chi connectivity index (χ2n) is 10.2. The average Bonchev–Trinajstić information content (AvgIpc) is 2.88. The third-order valence-corrected chi connectivity index (χ3v) is 8.85. The molecule has 0 saturated carbocycles. The zero-order valence-electron chi connectivity index (χ0n) is 21.5. The van der Waals surface area contributed by atoms with Crippen molar-refractivity contribution in [3.63, 3.8) is 0 Å². The van der Waals surface area contributed by atoms with Gasteiger partial charge in [0, 0.05) is 16.7 Å². The van der Waals surface area contributed by atoms with Crippen molar-refractivity contribution in [2.45, 2.75) is 89.6 Å². The quantitative estimate of drug-likeness (QED) is 0.280. The van der Waals surface area contributed by atoms with E-state index >= 15 is 0 Å². The normalized spacial score (nSPS) is 21.7. The van der Waals surface area contributed by atoms with Gasteiger partial charge in [0.05, 0.1) is 18.8 Å². The number of ether oxygens (including phenoxy) is 1. The highest BCUT2D eigenvalue weighted by molar-refractivity contribution is 8.15. The SMILES string of the molecule is CCC(C)(CC)CCCC(O)C(O)CCCCOC1=CC2SC(=O)C(c3ccccc3)=CC2C=C1. The van der Waals surface area contributed by atoms with Crippen molar-refractivity contribution in [1.82, 2.24) is 0 Å². The van der Waals surface area contributed by atoms with Crippen LogP contribution in [0.2, 0.25) is 0 Å². The number of thioether (sulfide) groups is 1. The van der Waals surface area contributed by atoms with Gasteiger partial charge in [-0.3, -0.25) is 4.79 Å². The lowest BCUT2D eigenvalue weighted by molar-refractivity contribution is -0.106. The van der Waals surface area contributed by atoms with E-state index in [4.69, 9.17) is 4.74 Å². The number of rotatable bonds is 14. The molecule has 1 aliphatic carbocycles. The van der Waals surface area contributed by atoms with Crippen molar-refractivity contribution in [2.75, 3.05) is 6.61 Å². The third kappa shape index (κ3) is 8.09. The van der Waals surface area contributed by atoms with Gasteiger partial charge in [-0.2, -0.15) is 0 Å². The molecule has 0 aromatic heterocycles. The van der Waals surface area contributed by atoms with Crippen molar-refractivity contribution in [2.24, 2.45) is 11.3 Å². The van der Waals surface area contributed by atoms with Crippen LogP contribution in [0.4, 0.5) is 0 Å². The van der Waals surface area contributed by atoms with E-state index in [1.165, 1.54) is 11.8 Å². The molecule has 0 bridgehead atoms. The number of hydrogen-bond donors (Lipinski definition) is 2. The molecule has 2 N–H and O–H groups in total. The van der Waals surface area contributed by atoms with Gasteiger partial charge in [0.1, 0.15) is 5.76 Å². The number of unbranched alkanes of at least 4 members (excludes halogenated alkanes) is 1. The van der Waals surface area contributed by atoms with Gasteiger partial charge in [0.25, 0.3) is 0 Å². The smallest absolute Gasteiger partial charge is 0.220 e. The number of carbonyl (C=O) groups is 1. The average molecular weight is 499 g/mol. The number of benzene rings is 1. The highest BCUT2D eigenvalue weighted by Crippen LogP contribution is 2.39. The number of allylic oxidation sites excluding steroid dienone is 3. The lowest BCUT2D eigenvalue weighted by atomic mass is 9.79. The van der Waals surface area contributed by atoms with Crippen molar-refractivity contribution in [3.8, 4) is 0 Å². The minimum Gasteiger partial charge on any atom is -0.494 e. The van der Waals surface area contributed by atoms with Crippen molar-refractivity contribution in [3.05, 3.63) is 66.0 Å². The van der Waals surface area contributed by atoms with Crippen molar-refractivity contribution < 1.29 is 19.7 Å².